The monoisotopic (exact) mass is 225 g/mol. The van der Waals surface area contributed by atoms with Gasteiger partial charge in [0.2, 0.25) is 5.95 Å². The van der Waals surface area contributed by atoms with Gasteiger partial charge in [0.15, 0.2) is 0 Å². The molecule has 0 unspecified atom stereocenters. The van der Waals surface area contributed by atoms with E-state index in [-0.39, 0.29) is 0 Å². The molecule has 0 radical (unpaired) electrons. The topological polar surface area (TPSA) is 37.8 Å². The van der Waals surface area contributed by atoms with Crippen LogP contribution in [-0.4, -0.2) is 9.97 Å². The van der Waals surface area contributed by atoms with Crippen molar-refractivity contribution in [3.05, 3.63) is 39.8 Å². The summed E-state index contributed by atoms with van der Waals surface area (Å²) in [4.78, 5) is 9.30. The maximum absolute atomic E-state index is 5.72. The number of aromatic nitrogens is 2. The molecule has 14 heavy (non-hydrogen) atoms. The van der Waals surface area contributed by atoms with E-state index in [9.17, 15) is 0 Å². The molecule has 0 saturated heterocycles. The molecular weight excluding hydrogens is 218 g/mol. The Morgan fingerprint density at radius 3 is 3.07 bits per heavy atom. The van der Waals surface area contributed by atoms with Crippen LogP contribution in [0, 0.1) is 0 Å². The van der Waals surface area contributed by atoms with Gasteiger partial charge >= 0.3 is 0 Å². The Kier molecular flexibility index (Phi) is 2.96. The third kappa shape index (κ3) is 2.43. The smallest absolute Gasteiger partial charge is 0.224 e. The Morgan fingerprint density at radius 2 is 2.36 bits per heavy atom. The summed E-state index contributed by atoms with van der Waals surface area (Å²) in [6, 6.07) is 5.72. The molecule has 3 nitrogen and oxygen atoms in total. The zero-order valence-electron chi connectivity index (χ0n) is 7.27. The van der Waals surface area contributed by atoms with E-state index in [1.54, 1.807) is 23.6 Å². The SMILES string of the molecule is Clc1ccnc(NCc2cccs2)n1. The van der Waals surface area contributed by atoms with Crippen molar-refractivity contribution in [3.63, 3.8) is 0 Å². The summed E-state index contributed by atoms with van der Waals surface area (Å²) in [7, 11) is 0. The van der Waals surface area contributed by atoms with E-state index in [4.69, 9.17) is 11.6 Å². The number of hydrogen-bond acceptors (Lipinski definition) is 4. The molecule has 0 atom stereocenters. The number of anilines is 1. The molecule has 2 aromatic heterocycles. The van der Waals surface area contributed by atoms with Crippen LogP contribution in [0.1, 0.15) is 4.88 Å². The number of hydrogen-bond donors (Lipinski definition) is 1. The number of halogens is 1. The van der Waals surface area contributed by atoms with E-state index in [1.807, 2.05) is 11.4 Å². The Morgan fingerprint density at radius 1 is 1.43 bits per heavy atom. The van der Waals surface area contributed by atoms with Gasteiger partial charge in [0.25, 0.3) is 0 Å². The summed E-state index contributed by atoms with van der Waals surface area (Å²) in [6.07, 6.45) is 1.63. The molecule has 2 aromatic rings. The molecular formula is C9H8ClN3S. The van der Waals surface area contributed by atoms with Crippen molar-refractivity contribution < 1.29 is 0 Å². The van der Waals surface area contributed by atoms with Crippen LogP contribution in [-0.2, 0) is 6.54 Å². The third-order valence-corrected chi connectivity index (χ3v) is 2.71. The minimum Gasteiger partial charge on any atom is -0.349 e. The highest BCUT2D eigenvalue weighted by atomic mass is 35.5. The summed E-state index contributed by atoms with van der Waals surface area (Å²) in [5.74, 6) is 0.561. The molecule has 5 heteroatoms. The first-order valence-corrected chi connectivity index (χ1v) is 5.35. The molecule has 0 aromatic carbocycles. The second-order valence-corrected chi connectivity index (χ2v) is 4.06. The second-order valence-electron chi connectivity index (χ2n) is 2.64. The van der Waals surface area contributed by atoms with Gasteiger partial charge in [-0.15, -0.1) is 11.3 Å². The molecule has 0 fully saturated rings. The largest absolute Gasteiger partial charge is 0.349 e. The molecule has 1 N–H and O–H groups in total. The van der Waals surface area contributed by atoms with Crippen LogP contribution in [0.4, 0.5) is 5.95 Å². The van der Waals surface area contributed by atoms with Crippen LogP contribution in [0.3, 0.4) is 0 Å². The van der Waals surface area contributed by atoms with E-state index in [0.29, 0.717) is 11.1 Å². The highest BCUT2D eigenvalue weighted by Gasteiger charge is 1.97. The first-order chi connectivity index (χ1) is 6.84. The van der Waals surface area contributed by atoms with Crippen LogP contribution >= 0.6 is 22.9 Å². The third-order valence-electron chi connectivity index (χ3n) is 1.62. The lowest BCUT2D eigenvalue weighted by atomic mass is 10.5. The van der Waals surface area contributed by atoms with Crippen LogP contribution in [0.5, 0.6) is 0 Å². The molecule has 0 aliphatic rings. The molecule has 0 aliphatic heterocycles. The molecule has 0 bridgehead atoms. The lowest BCUT2D eigenvalue weighted by Gasteiger charge is -2.01. The highest BCUT2D eigenvalue weighted by molar-refractivity contribution is 7.09. The second kappa shape index (κ2) is 4.39. The molecule has 0 aliphatic carbocycles. The van der Waals surface area contributed by atoms with Crippen molar-refractivity contribution >= 4 is 28.9 Å². The summed E-state index contributed by atoms with van der Waals surface area (Å²) in [5, 5.41) is 5.58. The minimum atomic E-state index is 0.452. The molecule has 0 spiro atoms. The molecule has 72 valence electrons. The van der Waals surface area contributed by atoms with Crippen LogP contribution in [0.15, 0.2) is 29.8 Å². The van der Waals surface area contributed by atoms with Gasteiger partial charge in [0, 0.05) is 11.1 Å². The maximum atomic E-state index is 5.72. The normalized spacial score (nSPS) is 10.1. The fourth-order valence-electron chi connectivity index (χ4n) is 1.00. The van der Waals surface area contributed by atoms with Crippen molar-refractivity contribution in [2.24, 2.45) is 0 Å². The predicted octanol–water partition coefficient (Wildman–Crippen LogP) is 2.80. The van der Waals surface area contributed by atoms with Gasteiger partial charge < -0.3 is 5.32 Å². The van der Waals surface area contributed by atoms with Crippen molar-refractivity contribution in [1.29, 1.82) is 0 Å². The van der Waals surface area contributed by atoms with Crippen LogP contribution in [0.25, 0.3) is 0 Å². The Bertz CT molecular complexity index is 402. The van der Waals surface area contributed by atoms with Crippen molar-refractivity contribution in [1.82, 2.24) is 9.97 Å². The van der Waals surface area contributed by atoms with Gasteiger partial charge in [-0.1, -0.05) is 17.7 Å². The average molecular weight is 226 g/mol. The lowest BCUT2D eigenvalue weighted by Crippen LogP contribution is -2.01. The predicted molar refractivity (Wildman–Crippen MR) is 58.7 cm³/mol. The summed E-state index contributed by atoms with van der Waals surface area (Å²) >= 11 is 7.41. The highest BCUT2D eigenvalue weighted by Crippen LogP contribution is 2.11. The quantitative estimate of drug-likeness (QED) is 0.817. The van der Waals surface area contributed by atoms with E-state index >= 15 is 0 Å². The van der Waals surface area contributed by atoms with Gasteiger partial charge in [0.1, 0.15) is 5.15 Å². The van der Waals surface area contributed by atoms with Crippen molar-refractivity contribution in [3.8, 4) is 0 Å². The standard InChI is InChI=1S/C9H8ClN3S/c10-8-3-4-11-9(13-8)12-6-7-2-1-5-14-7/h1-5H,6H2,(H,11,12,13). The van der Waals surface area contributed by atoms with E-state index < -0.39 is 0 Å². The van der Waals surface area contributed by atoms with Gasteiger partial charge in [-0.3, -0.25) is 0 Å². The fraction of sp³-hybridized carbons (Fsp3) is 0.111. The van der Waals surface area contributed by atoms with Crippen molar-refractivity contribution in [2.75, 3.05) is 5.32 Å². The van der Waals surface area contributed by atoms with E-state index in [1.165, 1.54) is 4.88 Å². The zero-order valence-corrected chi connectivity index (χ0v) is 8.85. The Balaban J connectivity index is 1.98. The van der Waals surface area contributed by atoms with Gasteiger partial charge in [-0.05, 0) is 17.5 Å². The Labute approximate surface area is 90.8 Å². The zero-order chi connectivity index (χ0) is 9.80. The average Bonchev–Trinajstić information content (AvgIpc) is 2.67. The first kappa shape index (κ1) is 9.43. The minimum absolute atomic E-state index is 0.452. The van der Waals surface area contributed by atoms with E-state index in [0.717, 1.165) is 6.54 Å². The first-order valence-electron chi connectivity index (χ1n) is 4.09. The molecule has 0 amide bonds. The summed E-state index contributed by atoms with van der Waals surface area (Å²) in [5.41, 5.74) is 0. The number of nitrogens with zero attached hydrogens (tertiary/aromatic N) is 2. The van der Waals surface area contributed by atoms with E-state index in [2.05, 4.69) is 21.4 Å². The Hall–Kier alpha value is -1.13. The number of rotatable bonds is 3. The van der Waals surface area contributed by atoms with Crippen LogP contribution < -0.4 is 5.32 Å². The van der Waals surface area contributed by atoms with Crippen molar-refractivity contribution in [2.45, 2.75) is 6.54 Å². The maximum Gasteiger partial charge on any atom is 0.224 e. The summed E-state index contributed by atoms with van der Waals surface area (Å²) in [6.45, 7) is 0.734. The molecule has 2 rings (SSSR count). The fourth-order valence-corrected chi connectivity index (χ4v) is 1.78. The van der Waals surface area contributed by atoms with Gasteiger partial charge in [-0.2, -0.15) is 0 Å². The molecule has 0 saturated carbocycles. The summed E-state index contributed by atoms with van der Waals surface area (Å²) < 4.78 is 0. The number of nitrogens with one attached hydrogen (secondary N) is 1. The van der Waals surface area contributed by atoms with Gasteiger partial charge in [0.05, 0.1) is 6.54 Å². The number of thiophene rings is 1. The van der Waals surface area contributed by atoms with Crippen LogP contribution in [0.2, 0.25) is 5.15 Å². The molecule has 2 heterocycles. The van der Waals surface area contributed by atoms with Gasteiger partial charge in [-0.25, -0.2) is 9.97 Å². The lowest BCUT2D eigenvalue weighted by molar-refractivity contribution is 1.07.